The van der Waals surface area contributed by atoms with E-state index in [9.17, 15) is 15.2 Å². The molecule has 150 valence electrons. The zero-order valence-corrected chi connectivity index (χ0v) is 16.1. The molecule has 28 heavy (non-hydrogen) atoms. The predicted molar refractivity (Wildman–Crippen MR) is 105 cm³/mol. The average Bonchev–Trinajstić information content (AvgIpc) is 2.70. The van der Waals surface area contributed by atoms with Crippen LogP contribution in [0.2, 0.25) is 0 Å². The van der Waals surface area contributed by atoms with Gasteiger partial charge in [-0.2, -0.15) is 0 Å². The van der Waals surface area contributed by atoms with E-state index in [1.807, 2.05) is 24.3 Å². The fraction of sp³-hybridized carbons (Fsp3) is 0.400. The van der Waals surface area contributed by atoms with Gasteiger partial charge < -0.3 is 14.6 Å². The molecule has 1 fully saturated rings. The predicted octanol–water partition coefficient (Wildman–Crippen LogP) is 2.64. The van der Waals surface area contributed by atoms with Gasteiger partial charge in [0.25, 0.3) is 5.69 Å². The molecule has 0 unspecified atom stereocenters. The molecule has 0 bridgehead atoms. The fourth-order valence-corrected chi connectivity index (χ4v) is 3.47. The number of methoxy groups -OCH3 is 2. The molecular weight excluding hydrogens is 362 g/mol. The van der Waals surface area contributed by atoms with E-state index in [2.05, 4.69) is 9.80 Å². The third kappa shape index (κ3) is 4.52. The van der Waals surface area contributed by atoms with Gasteiger partial charge in [0, 0.05) is 50.9 Å². The normalized spacial score (nSPS) is 15.4. The molecule has 1 saturated heterocycles. The van der Waals surface area contributed by atoms with Gasteiger partial charge in [-0.1, -0.05) is 18.2 Å². The number of nitro groups is 1. The van der Waals surface area contributed by atoms with E-state index in [4.69, 9.17) is 9.47 Å². The molecule has 0 atom stereocenters. The molecule has 1 N–H and O–H groups in total. The summed E-state index contributed by atoms with van der Waals surface area (Å²) in [5.41, 5.74) is 1.92. The third-order valence-corrected chi connectivity index (χ3v) is 4.99. The maximum atomic E-state index is 11.2. The summed E-state index contributed by atoms with van der Waals surface area (Å²) >= 11 is 0. The zero-order valence-electron chi connectivity index (χ0n) is 16.1. The van der Waals surface area contributed by atoms with Crippen molar-refractivity contribution in [3.05, 3.63) is 57.6 Å². The van der Waals surface area contributed by atoms with Crippen LogP contribution in [0, 0.1) is 10.1 Å². The lowest BCUT2D eigenvalue weighted by atomic mass is 10.1. The molecular formula is C20H25N3O5. The summed E-state index contributed by atoms with van der Waals surface area (Å²) in [7, 11) is 3.03. The number of benzene rings is 2. The first-order chi connectivity index (χ1) is 13.5. The summed E-state index contributed by atoms with van der Waals surface area (Å²) < 4.78 is 10.4. The number of aromatic hydroxyl groups is 1. The Kier molecular flexibility index (Phi) is 6.33. The van der Waals surface area contributed by atoms with Gasteiger partial charge in [0.2, 0.25) is 5.75 Å². The van der Waals surface area contributed by atoms with Crippen molar-refractivity contribution in [2.75, 3.05) is 40.4 Å². The summed E-state index contributed by atoms with van der Waals surface area (Å²) in [5.74, 6) is 0.789. The first-order valence-corrected chi connectivity index (χ1v) is 9.12. The molecule has 0 aliphatic carbocycles. The van der Waals surface area contributed by atoms with Gasteiger partial charge in [-0.3, -0.25) is 19.9 Å². The van der Waals surface area contributed by atoms with E-state index in [0.29, 0.717) is 24.6 Å². The summed E-state index contributed by atoms with van der Waals surface area (Å²) in [6.45, 7) is 4.66. The smallest absolute Gasteiger partial charge is 0.273 e. The molecule has 1 aliphatic heterocycles. The maximum absolute atomic E-state index is 11.2. The van der Waals surface area contributed by atoms with E-state index in [1.54, 1.807) is 12.1 Å². The van der Waals surface area contributed by atoms with Gasteiger partial charge in [-0.05, 0) is 17.7 Å². The minimum absolute atomic E-state index is 0.00280. The van der Waals surface area contributed by atoms with Crippen LogP contribution < -0.4 is 9.47 Å². The van der Waals surface area contributed by atoms with Crippen molar-refractivity contribution in [3.63, 3.8) is 0 Å². The Labute approximate surface area is 164 Å². The number of phenols is 1. The van der Waals surface area contributed by atoms with Gasteiger partial charge in [-0.25, -0.2) is 0 Å². The van der Waals surface area contributed by atoms with E-state index in [1.165, 1.54) is 14.2 Å². The molecule has 2 aromatic carbocycles. The van der Waals surface area contributed by atoms with E-state index in [-0.39, 0.29) is 16.4 Å². The Morgan fingerprint density at radius 1 is 1.00 bits per heavy atom. The number of hydrogen-bond donors (Lipinski definition) is 1. The highest BCUT2D eigenvalue weighted by Crippen LogP contribution is 2.37. The lowest BCUT2D eigenvalue weighted by Crippen LogP contribution is -2.45. The number of nitrogens with zero attached hydrogens (tertiary/aromatic N) is 3. The second-order valence-corrected chi connectivity index (χ2v) is 6.79. The molecule has 0 spiro atoms. The molecule has 8 nitrogen and oxygen atoms in total. The molecule has 3 rings (SSSR count). The zero-order chi connectivity index (χ0) is 20.1. The molecule has 1 aliphatic rings. The highest BCUT2D eigenvalue weighted by molar-refractivity contribution is 5.52. The van der Waals surface area contributed by atoms with Crippen LogP contribution in [0.3, 0.4) is 0 Å². The quantitative estimate of drug-likeness (QED) is 0.577. The van der Waals surface area contributed by atoms with E-state index in [0.717, 1.165) is 37.3 Å². The van der Waals surface area contributed by atoms with Crippen molar-refractivity contribution in [2.45, 2.75) is 13.1 Å². The lowest BCUT2D eigenvalue weighted by Gasteiger charge is -2.34. The van der Waals surface area contributed by atoms with Gasteiger partial charge >= 0.3 is 0 Å². The number of para-hydroxylation sites is 1. The Bertz CT molecular complexity index is 809. The van der Waals surface area contributed by atoms with E-state index >= 15 is 0 Å². The summed E-state index contributed by atoms with van der Waals surface area (Å²) in [6.07, 6.45) is 0. The second kappa shape index (κ2) is 8.90. The third-order valence-electron chi connectivity index (χ3n) is 4.99. The second-order valence-electron chi connectivity index (χ2n) is 6.79. The standard InChI is InChI=1S/C20H25N3O5/c1-27-18-11-15(12-19(28-2)20(18)24)13-21-7-9-22(10-8-21)14-16-5-3-4-6-17(16)23(25)26/h3-6,11-12,24H,7-10,13-14H2,1-2H3. The largest absolute Gasteiger partial charge is 0.502 e. The minimum Gasteiger partial charge on any atom is -0.502 e. The van der Waals surface area contributed by atoms with Crippen molar-refractivity contribution in [1.82, 2.24) is 9.80 Å². The molecule has 0 radical (unpaired) electrons. The number of piperazine rings is 1. The lowest BCUT2D eigenvalue weighted by molar-refractivity contribution is -0.385. The molecule has 2 aromatic rings. The van der Waals surface area contributed by atoms with E-state index < -0.39 is 0 Å². The molecule has 0 aromatic heterocycles. The summed E-state index contributed by atoms with van der Waals surface area (Å²) in [6, 6.07) is 10.5. The summed E-state index contributed by atoms with van der Waals surface area (Å²) in [4.78, 5) is 15.4. The molecule has 1 heterocycles. The van der Waals surface area contributed by atoms with Crippen molar-refractivity contribution in [1.29, 1.82) is 0 Å². The van der Waals surface area contributed by atoms with Gasteiger partial charge in [-0.15, -0.1) is 0 Å². The first kappa shape index (κ1) is 19.9. The Hall–Kier alpha value is -2.84. The monoisotopic (exact) mass is 387 g/mol. The first-order valence-electron chi connectivity index (χ1n) is 9.12. The SMILES string of the molecule is COc1cc(CN2CCN(Cc3ccccc3[N+](=O)[O-])CC2)cc(OC)c1O. The van der Waals surface area contributed by atoms with Crippen LogP contribution in [-0.2, 0) is 13.1 Å². The maximum Gasteiger partial charge on any atom is 0.273 e. The van der Waals surface area contributed by atoms with Gasteiger partial charge in [0.15, 0.2) is 11.5 Å². The van der Waals surface area contributed by atoms with Crippen LogP contribution >= 0.6 is 0 Å². The van der Waals surface area contributed by atoms with Crippen LogP contribution in [0.5, 0.6) is 17.2 Å². The van der Waals surface area contributed by atoms with Crippen molar-refractivity contribution in [2.24, 2.45) is 0 Å². The van der Waals surface area contributed by atoms with Crippen LogP contribution in [-0.4, -0.2) is 60.2 Å². The molecule has 0 amide bonds. The Morgan fingerprint density at radius 2 is 1.54 bits per heavy atom. The van der Waals surface area contributed by atoms with Crippen LogP contribution in [0.1, 0.15) is 11.1 Å². The van der Waals surface area contributed by atoms with Crippen molar-refractivity contribution in [3.8, 4) is 17.2 Å². The number of ether oxygens (including phenoxy) is 2. The van der Waals surface area contributed by atoms with Gasteiger partial charge in [0.05, 0.1) is 19.1 Å². The number of rotatable bonds is 7. The average molecular weight is 387 g/mol. The van der Waals surface area contributed by atoms with Crippen LogP contribution in [0.4, 0.5) is 5.69 Å². The van der Waals surface area contributed by atoms with Crippen molar-refractivity contribution < 1.29 is 19.5 Å². The highest BCUT2D eigenvalue weighted by atomic mass is 16.6. The number of hydrogen-bond acceptors (Lipinski definition) is 7. The Morgan fingerprint density at radius 3 is 2.07 bits per heavy atom. The van der Waals surface area contributed by atoms with Gasteiger partial charge in [0.1, 0.15) is 0 Å². The molecule has 8 heteroatoms. The highest BCUT2D eigenvalue weighted by Gasteiger charge is 2.21. The van der Waals surface area contributed by atoms with Crippen molar-refractivity contribution >= 4 is 5.69 Å². The summed E-state index contributed by atoms with van der Waals surface area (Å²) in [5, 5.41) is 21.2. The van der Waals surface area contributed by atoms with Crippen LogP contribution in [0.25, 0.3) is 0 Å². The number of nitro benzene ring substituents is 1. The number of phenolic OH excluding ortho intramolecular Hbond substituents is 1. The molecule has 0 saturated carbocycles. The van der Waals surface area contributed by atoms with Crippen LogP contribution in [0.15, 0.2) is 36.4 Å². The topological polar surface area (TPSA) is 88.3 Å². The Balaban J connectivity index is 1.60. The fourth-order valence-electron chi connectivity index (χ4n) is 3.47. The minimum atomic E-state index is -0.322.